The zero-order chi connectivity index (χ0) is 14.0. The number of hydrogen-bond acceptors (Lipinski definition) is 4. The Bertz CT molecular complexity index is 405. The van der Waals surface area contributed by atoms with E-state index in [2.05, 4.69) is 5.32 Å². The molecule has 106 valence electrons. The van der Waals surface area contributed by atoms with Crippen molar-refractivity contribution < 1.29 is 18.3 Å². The molecule has 6 nitrogen and oxygen atoms in total. The van der Waals surface area contributed by atoms with Gasteiger partial charge in [-0.2, -0.15) is 4.31 Å². The fraction of sp³-hybridized carbons (Fsp3) is 0.909. The Labute approximate surface area is 108 Å². The second kappa shape index (κ2) is 5.54. The molecule has 0 bridgehead atoms. The molecule has 1 saturated heterocycles. The molecular weight excluding hydrogens is 256 g/mol. The molecule has 0 saturated carbocycles. The third kappa shape index (κ3) is 3.93. The molecule has 1 rings (SSSR count). The van der Waals surface area contributed by atoms with Gasteiger partial charge in [0.15, 0.2) is 0 Å². The van der Waals surface area contributed by atoms with E-state index in [-0.39, 0.29) is 12.5 Å². The lowest BCUT2D eigenvalue weighted by Gasteiger charge is -2.29. The lowest BCUT2D eigenvalue weighted by molar-refractivity contribution is -0.125. The lowest BCUT2D eigenvalue weighted by atomic mass is 10.0. The van der Waals surface area contributed by atoms with Crippen LogP contribution in [0.5, 0.6) is 0 Å². The summed E-state index contributed by atoms with van der Waals surface area (Å²) in [5, 5.41) is 11.7. The van der Waals surface area contributed by atoms with Crippen LogP contribution in [0.25, 0.3) is 0 Å². The molecule has 0 aromatic rings. The van der Waals surface area contributed by atoms with Gasteiger partial charge in [0.1, 0.15) is 6.04 Å². The Morgan fingerprint density at radius 1 is 1.50 bits per heavy atom. The number of amides is 1. The first-order chi connectivity index (χ1) is 8.17. The first-order valence-corrected chi connectivity index (χ1v) is 7.92. The van der Waals surface area contributed by atoms with Crippen LogP contribution in [0, 0.1) is 0 Å². The molecule has 1 heterocycles. The van der Waals surface area contributed by atoms with Gasteiger partial charge in [0, 0.05) is 18.7 Å². The summed E-state index contributed by atoms with van der Waals surface area (Å²) in [5.41, 5.74) is -0.530. The largest absolute Gasteiger partial charge is 0.396 e. The number of aliphatic hydroxyl groups excluding tert-OH is 1. The molecule has 18 heavy (non-hydrogen) atoms. The van der Waals surface area contributed by atoms with Crippen molar-refractivity contribution in [1.82, 2.24) is 9.62 Å². The predicted molar refractivity (Wildman–Crippen MR) is 68.5 cm³/mol. The van der Waals surface area contributed by atoms with Crippen molar-refractivity contribution in [3.63, 3.8) is 0 Å². The van der Waals surface area contributed by atoms with E-state index in [1.807, 2.05) is 0 Å². The van der Waals surface area contributed by atoms with E-state index in [1.165, 1.54) is 4.31 Å². The van der Waals surface area contributed by atoms with Gasteiger partial charge in [0.2, 0.25) is 15.9 Å². The van der Waals surface area contributed by atoms with Crippen molar-refractivity contribution in [3.05, 3.63) is 0 Å². The minimum absolute atomic E-state index is 0.0201. The normalized spacial score (nSPS) is 22.1. The van der Waals surface area contributed by atoms with Gasteiger partial charge in [0.05, 0.1) is 6.26 Å². The second-order valence-electron chi connectivity index (χ2n) is 5.38. The number of nitrogens with one attached hydrogen (secondary N) is 1. The summed E-state index contributed by atoms with van der Waals surface area (Å²) in [6.45, 7) is 3.99. The number of hydrogen-bond donors (Lipinski definition) is 2. The van der Waals surface area contributed by atoms with Crippen LogP contribution < -0.4 is 5.32 Å². The molecule has 1 aliphatic heterocycles. The highest BCUT2D eigenvalue weighted by atomic mass is 32.2. The summed E-state index contributed by atoms with van der Waals surface area (Å²) >= 11 is 0. The Balaban J connectivity index is 2.73. The van der Waals surface area contributed by atoms with Crippen molar-refractivity contribution >= 4 is 15.9 Å². The van der Waals surface area contributed by atoms with Crippen LogP contribution in [-0.2, 0) is 14.8 Å². The molecule has 0 radical (unpaired) electrons. The van der Waals surface area contributed by atoms with Crippen LogP contribution in [-0.4, -0.2) is 54.7 Å². The van der Waals surface area contributed by atoms with Gasteiger partial charge in [-0.25, -0.2) is 8.42 Å². The Morgan fingerprint density at radius 2 is 2.11 bits per heavy atom. The Morgan fingerprint density at radius 3 is 2.61 bits per heavy atom. The van der Waals surface area contributed by atoms with Gasteiger partial charge in [-0.05, 0) is 33.1 Å². The Hall–Kier alpha value is -0.660. The standard InChI is InChI=1S/C11H22N2O4S/c1-11(2,6-8-14)12-10(15)9-5-4-7-13(9)18(3,16)17/h9,14H,4-8H2,1-3H3,(H,12,15). The van der Waals surface area contributed by atoms with Crippen molar-refractivity contribution in [3.8, 4) is 0 Å². The summed E-state index contributed by atoms with van der Waals surface area (Å²) in [4.78, 5) is 12.1. The zero-order valence-electron chi connectivity index (χ0n) is 11.1. The molecule has 1 unspecified atom stereocenters. The number of rotatable bonds is 5. The lowest BCUT2D eigenvalue weighted by Crippen LogP contribution is -2.52. The van der Waals surface area contributed by atoms with Crippen molar-refractivity contribution in [2.24, 2.45) is 0 Å². The monoisotopic (exact) mass is 278 g/mol. The first-order valence-electron chi connectivity index (χ1n) is 6.07. The van der Waals surface area contributed by atoms with E-state index in [4.69, 9.17) is 5.11 Å². The highest BCUT2D eigenvalue weighted by Crippen LogP contribution is 2.21. The van der Waals surface area contributed by atoms with E-state index in [0.29, 0.717) is 25.8 Å². The van der Waals surface area contributed by atoms with Gasteiger partial charge in [0.25, 0.3) is 0 Å². The maximum Gasteiger partial charge on any atom is 0.238 e. The van der Waals surface area contributed by atoms with Crippen LogP contribution in [0.3, 0.4) is 0 Å². The van der Waals surface area contributed by atoms with Crippen LogP contribution >= 0.6 is 0 Å². The molecule has 7 heteroatoms. The summed E-state index contributed by atoms with van der Waals surface area (Å²) < 4.78 is 24.3. The molecule has 1 atom stereocenters. The fourth-order valence-corrected chi connectivity index (χ4v) is 3.28. The Kier molecular flexibility index (Phi) is 4.74. The highest BCUT2D eigenvalue weighted by molar-refractivity contribution is 7.88. The summed E-state index contributed by atoms with van der Waals surface area (Å²) in [6, 6.07) is -0.613. The SMILES string of the molecule is CC(C)(CCO)NC(=O)C1CCCN1S(C)(=O)=O. The number of nitrogens with zero attached hydrogens (tertiary/aromatic N) is 1. The van der Waals surface area contributed by atoms with Gasteiger partial charge >= 0.3 is 0 Å². The van der Waals surface area contributed by atoms with Gasteiger partial charge in [-0.3, -0.25) is 4.79 Å². The summed E-state index contributed by atoms with van der Waals surface area (Å²) in [6.07, 6.45) is 2.81. The number of aliphatic hydroxyl groups is 1. The summed E-state index contributed by atoms with van der Waals surface area (Å²) in [5.74, 6) is -0.281. The van der Waals surface area contributed by atoms with Crippen LogP contribution in [0.2, 0.25) is 0 Å². The first kappa shape index (κ1) is 15.4. The molecular formula is C11H22N2O4S. The minimum Gasteiger partial charge on any atom is -0.396 e. The maximum absolute atomic E-state index is 12.1. The number of carbonyl (C=O) groups is 1. The van der Waals surface area contributed by atoms with Crippen LogP contribution in [0.1, 0.15) is 33.1 Å². The maximum atomic E-state index is 12.1. The molecule has 1 amide bonds. The third-order valence-electron chi connectivity index (χ3n) is 3.13. The number of sulfonamides is 1. The number of carbonyl (C=O) groups excluding carboxylic acids is 1. The van der Waals surface area contributed by atoms with Crippen molar-refractivity contribution in [1.29, 1.82) is 0 Å². The molecule has 0 aliphatic carbocycles. The molecule has 2 N–H and O–H groups in total. The summed E-state index contributed by atoms with van der Waals surface area (Å²) in [7, 11) is -3.34. The van der Waals surface area contributed by atoms with Crippen molar-refractivity contribution in [2.45, 2.75) is 44.7 Å². The predicted octanol–water partition coefficient (Wildman–Crippen LogP) is -0.312. The van der Waals surface area contributed by atoms with E-state index in [0.717, 1.165) is 6.26 Å². The van der Waals surface area contributed by atoms with E-state index in [9.17, 15) is 13.2 Å². The van der Waals surface area contributed by atoms with E-state index < -0.39 is 21.6 Å². The highest BCUT2D eigenvalue weighted by Gasteiger charge is 2.37. The molecule has 1 fully saturated rings. The minimum atomic E-state index is -3.34. The average Bonchev–Trinajstić information content (AvgIpc) is 2.63. The quantitative estimate of drug-likeness (QED) is 0.722. The van der Waals surface area contributed by atoms with Gasteiger partial charge in [-0.15, -0.1) is 0 Å². The second-order valence-corrected chi connectivity index (χ2v) is 7.31. The van der Waals surface area contributed by atoms with Gasteiger partial charge in [-0.1, -0.05) is 0 Å². The van der Waals surface area contributed by atoms with Crippen LogP contribution in [0.15, 0.2) is 0 Å². The molecule has 0 spiro atoms. The average molecular weight is 278 g/mol. The van der Waals surface area contributed by atoms with Gasteiger partial charge < -0.3 is 10.4 Å². The van der Waals surface area contributed by atoms with E-state index >= 15 is 0 Å². The third-order valence-corrected chi connectivity index (χ3v) is 4.42. The van der Waals surface area contributed by atoms with Crippen LogP contribution in [0.4, 0.5) is 0 Å². The topological polar surface area (TPSA) is 86.7 Å². The zero-order valence-corrected chi connectivity index (χ0v) is 12.0. The van der Waals surface area contributed by atoms with E-state index in [1.54, 1.807) is 13.8 Å². The molecule has 0 aromatic carbocycles. The molecule has 1 aliphatic rings. The smallest absolute Gasteiger partial charge is 0.238 e. The van der Waals surface area contributed by atoms with Crippen molar-refractivity contribution in [2.75, 3.05) is 19.4 Å². The fourth-order valence-electron chi connectivity index (χ4n) is 2.16. The molecule has 0 aromatic heterocycles.